The first kappa shape index (κ1) is 17.9. The van der Waals surface area contributed by atoms with Crippen LogP contribution in [0.3, 0.4) is 0 Å². The van der Waals surface area contributed by atoms with Crippen molar-refractivity contribution in [3.05, 3.63) is 56.8 Å². The van der Waals surface area contributed by atoms with Gasteiger partial charge in [-0.1, -0.05) is 44.2 Å². The minimum absolute atomic E-state index is 0.0817. The van der Waals surface area contributed by atoms with E-state index in [1.54, 1.807) is 11.3 Å². The summed E-state index contributed by atoms with van der Waals surface area (Å²) in [5, 5.41) is 0. The summed E-state index contributed by atoms with van der Waals surface area (Å²) < 4.78 is 5.24. The van der Waals surface area contributed by atoms with Crippen LogP contribution in [0, 0.1) is 5.92 Å². The molecule has 0 saturated carbocycles. The largest absolute Gasteiger partial charge is 0.465 e. The molecular formula is C21H24O3S. The van der Waals surface area contributed by atoms with Crippen molar-refractivity contribution >= 4 is 23.1 Å². The second kappa shape index (κ2) is 7.52. The van der Waals surface area contributed by atoms with Crippen LogP contribution in [0.4, 0.5) is 0 Å². The lowest BCUT2D eigenvalue weighted by Crippen LogP contribution is -2.12. The summed E-state index contributed by atoms with van der Waals surface area (Å²) in [6.45, 7) is 6.54. The van der Waals surface area contributed by atoms with Crippen LogP contribution in [0.15, 0.2) is 30.3 Å². The van der Waals surface area contributed by atoms with Crippen LogP contribution in [-0.4, -0.2) is 18.4 Å². The van der Waals surface area contributed by atoms with Gasteiger partial charge in [-0.3, -0.25) is 9.59 Å². The summed E-state index contributed by atoms with van der Waals surface area (Å²) in [5.41, 5.74) is 2.63. The van der Waals surface area contributed by atoms with E-state index in [4.69, 9.17) is 4.74 Å². The molecule has 0 radical (unpaired) electrons. The maximum atomic E-state index is 13.2. The number of benzene rings is 1. The Morgan fingerprint density at radius 3 is 2.60 bits per heavy atom. The van der Waals surface area contributed by atoms with Crippen molar-refractivity contribution in [1.29, 1.82) is 0 Å². The fourth-order valence-electron chi connectivity index (χ4n) is 3.47. The fraction of sp³-hybridized carbons (Fsp3) is 0.429. The maximum absolute atomic E-state index is 13.2. The van der Waals surface area contributed by atoms with E-state index in [0.717, 1.165) is 40.1 Å². The summed E-state index contributed by atoms with van der Waals surface area (Å²) >= 11 is 1.64. The van der Waals surface area contributed by atoms with E-state index < -0.39 is 0 Å². The van der Waals surface area contributed by atoms with Crippen molar-refractivity contribution in [3.8, 4) is 0 Å². The Hall–Kier alpha value is -1.94. The highest BCUT2D eigenvalue weighted by Crippen LogP contribution is 2.44. The van der Waals surface area contributed by atoms with Crippen LogP contribution in [0.25, 0.3) is 0 Å². The summed E-state index contributed by atoms with van der Waals surface area (Å²) in [6.07, 6.45) is 2.39. The van der Waals surface area contributed by atoms with Gasteiger partial charge in [0.2, 0.25) is 0 Å². The Balaban J connectivity index is 2.04. The standard InChI is InChI=1S/C21H24O3S/c1-4-24-21(23)16-11-10-15-18(17(12-13(2)3)25-20(15)16)19(22)14-8-6-5-7-9-14/h5-9,13,16H,4,10-12H2,1-3H3. The predicted molar refractivity (Wildman–Crippen MR) is 100 cm³/mol. The molecule has 1 heterocycles. The smallest absolute Gasteiger partial charge is 0.314 e. The van der Waals surface area contributed by atoms with Gasteiger partial charge >= 0.3 is 5.97 Å². The zero-order valence-corrected chi connectivity index (χ0v) is 15.8. The highest BCUT2D eigenvalue weighted by Gasteiger charge is 2.36. The van der Waals surface area contributed by atoms with Crippen LogP contribution in [0.1, 0.15) is 64.3 Å². The van der Waals surface area contributed by atoms with E-state index in [1.165, 1.54) is 0 Å². The summed E-state index contributed by atoms with van der Waals surface area (Å²) in [5.74, 6) is 0.181. The van der Waals surface area contributed by atoms with E-state index in [1.807, 2.05) is 37.3 Å². The first-order chi connectivity index (χ1) is 12.0. The number of esters is 1. The van der Waals surface area contributed by atoms with Crippen molar-refractivity contribution in [1.82, 2.24) is 0 Å². The van der Waals surface area contributed by atoms with Crippen molar-refractivity contribution in [3.63, 3.8) is 0 Å². The van der Waals surface area contributed by atoms with E-state index in [2.05, 4.69) is 13.8 Å². The molecule has 3 rings (SSSR count). The fourth-order valence-corrected chi connectivity index (χ4v) is 5.15. The Morgan fingerprint density at radius 1 is 1.24 bits per heavy atom. The van der Waals surface area contributed by atoms with Gasteiger partial charge in [-0.2, -0.15) is 0 Å². The Morgan fingerprint density at radius 2 is 1.96 bits per heavy atom. The van der Waals surface area contributed by atoms with Gasteiger partial charge in [-0.05, 0) is 37.7 Å². The SMILES string of the molecule is CCOC(=O)C1CCc2c1sc(CC(C)C)c2C(=O)c1ccccc1. The van der Waals surface area contributed by atoms with E-state index in [-0.39, 0.29) is 17.7 Å². The number of hydrogen-bond acceptors (Lipinski definition) is 4. The van der Waals surface area contributed by atoms with Gasteiger partial charge in [-0.15, -0.1) is 11.3 Å². The number of hydrogen-bond donors (Lipinski definition) is 0. The second-order valence-corrected chi connectivity index (χ2v) is 8.02. The molecule has 25 heavy (non-hydrogen) atoms. The topological polar surface area (TPSA) is 43.4 Å². The molecule has 0 aliphatic heterocycles. The molecule has 1 atom stereocenters. The molecule has 4 heteroatoms. The number of carbonyl (C=O) groups excluding carboxylic acids is 2. The van der Waals surface area contributed by atoms with Crippen LogP contribution in [0.2, 0.25) is 0 Å². The molecule has 1 aliphatic carbocycles. The highest BCUT2D eigenvalue weighted by atomic mass is 32.1. The van der Waals surface area contributed by atoms with Crippen molar-refractivity contribution in [2.75, 3.05) is 6.61 Å². The number of rotatable bonds is 6. The molecular weight excluding hydrogens is 332 g/mol. The summed E-state index contributed by atoms with van der Waals surface area (Å²) in [4.78, 5) is 27.6. The maximum Gasteiger partial charge on any atom is 0.314 e. The second-order valence-electron chi connectivity index (χ2n) is 6.88. The predicted octanol–water partition coefficient (Wildman–Crippen LogP) is 4.77. The van der Waals surface area contributed by atoms with Gasteiger partial charge in [0.25, 0.3) is 0 Å². The van der Waals surface area contributed by atoms with Crippen molar-refractivity contribution in [2.24, 2.45) is 5.92 Å². The Bertz CT molecular complexity index is 774. The molecule has 0 saturated heterocycles. The molecule has 1 aromatic heterocycles. The van der Waals surface area contributed by atoms with Crippen LogP contribution >= 0.6 is 11.3 Å². The van der Waals surface area contributed by atoms with Crippen molar-refractivity contribution < 1.29 is 14.3 Å². The van der Waals surface area contributed by atoms with E-state index in [0.29, 0.717) is 18.1 Å². The first-order valence-electron chi connectivity index (χ1n) is 8.93. The molecule has 0 bridgehead atoms. The lowest BCUT2D eigenvalue weighted by atomic mass is 9.96. The molecule has 1 aromatic carbocycles. The number of thiophene rings is 1. The Labute approximate surface area is 153 Å². The third-order valence-corrected chi connectivity index (χ3v) is 5.91. The molecule has 2 aromatic rings. The lowest BCUT2D eigenvalue weighted by Gasteiger charge is -2.09. The number of fused-ring (bicyclic) bond motifs is 1. The van der Waals surface area contributed by atoms with Gasteiger partial charge in [-0.25, -0.2) is 0 Å². The van der Waals surface area contributed by atoms with Crippen LogP contribution in [-0.2, 0) is 22.4 Å². The monoisotopic (exact) mass is 356 g/mol. The first-order valence-corrected chi connectivity index (χ1v) is 9.75. The number of ketones is 1. The molecule has 0 N–H and O–H groups in total. The average molecular weight is 356 g/mol. The van der Waals surface area contributed by atoms with Gasteiger partial charge in [0.1, 0.15) is 0 Å². The quantitative estimate of drug-likeness (QED) is 0.553. The zero-order chi connectivity index (χ0) is 18.0. The minimum Gasteiger partial charge on any atom is -0.465 e. The summed E-state index contributed by atoms with van der Waals surface area (Å²) in [7, 11) is 0. The van der Waals surface area contributed by atoms with Gasteiger partial charge in [0.15, 0.2) is 5.78 Å². The minimum atomic E-state index is -0.205. The molecule has 0 amide bonds. The van der Waals surface area contributed by atoms with Gasteiger partial charge in [0, 0.05) is 20.9 Å². The highest BCUT2D eigenvalue weighted by molar-refractivity contribution is 7.12. The van der Waals surface area contributed by atoms with Gasteiger partial charge in [0.05, 0.1) is 12.5 Å². The Kier molecular flexibility index (Phi) is 5.38. The van der Waals surface area contributed by atoms with E-state index >= 15 is 0 Å². The molecule has 1 unspecified atom stereocenters. The average Bonchev–Trinajstić information content (AvgIpc) is 3.13. The van der Waals surface area contributed by atoms with Gasteiger partial charge < -0.3 is 4.74 Å². The normalized spacial score (nSPS) is 16.1. The van der Waals surface area contributed by atoms with Crippen molar-refractivity contribution in [2.45, 2.75) is 46.0 Å². The molecule has 0 spiro atoms. The van der Waals surface area contributed by atoms with Crippen LogP contribution < -0.4 is 0 Å². The van der Waals surface area contributed by atoms with E-state index in [9.17, 15) is 9.59 Å². The zero-order valence-electron chi connectivity index (χ0n) is 15.0. The lowest BCUT2D eigenvalue weighted by molar-refractivity contribution is -0.144. The third-order valence-electron chi connectivity index (χ3n) is 4.54. The molecule has 0 fully saturated rings. The third kappa shape index (κ3) is 3.54. The number of ether oxygens (including phenoxy) is 1. The molecule has 132 valence electrons. The summed E-state index contributed by atoms with van der Waals surface area (Å²) in [6, 6.07) is 9.43. The molecule has 1 aliphatic rings. The molecule has 3 nitrogen and oxygen atoms in total. The number of carbonyl (C=O) groups is 2. The van der Waals surface area contributed by atoms with Crippen LogP contribution in [0.5, 0.6) is 0 Å².